The molecule has 0 spiro atoms. The summed E-state index contributed by atoms with van der Waals surface area (Å²) in [5.74, 6) is -0.697. The zero-order chi connectivity index (χ0) is 14.4. The molecule has 1 saturated heterocycles. The van der Waals surface area contributed by atoms with Crippen molar-refractivity contribution in [2.45, 2.75) is 25.4 Å². The maximum absolute atomic E-state index is 13.5. The van der Waals surface area contributed by atoms with Crippen LogP contribution in [0.4, 0.5) is 10.1 Å². The average Bonchev–Trinajstić information content (AvgIpc) is 2.44. The first-order valence-electron chi connectivity index (χ1n) is 6.73. The van der Waals surface area contributed by atoms with Crippen LogP contribution in [0.15, 0.2) is 22.7 Å². The SMILES string of the molecule is O=C(CCOC1CCNCC1)Nc1c(F)cccc1Br. The quantitative estimate of drug-likeness (QED) is 0.863. The molecule has 1 aliphatic rings. The molecule has 1 aliphatic heterocycles. The molecule has 4 nitrogen and oxygen atoms in total. The van der Waals surface area contributed by atoms with Gasteiger partial charge in [-0.2, -0.15) is 0 Å². The lowest BCUT2D eigenvalue weighted by Crippen LogP contribution is -2.33. The summed E-state index contributed by atoms with van der Waals surface area (Å²) in [6, 6.07) is 4.57. The molecule has 0 radical (unpaired) electrons. The van der Waals surface area contributed by atoms with E-state index in [4.69, 9.17) is 4.74 Å². The Bertz CT molecular complexity index is 444. The number of benzene rings is 1. The second-order valence-electron chi connectivity index (χ2n) is 4.71. The first kappa shape index (κ1) is 15.4. The van der Waals surface area contributed by atoms with Gasteiger partial charge in [-0.25, -0.2) is 4.39 Å². The van der Waals surface area contributed by atoms with E-state index in [1.54, 1.807) is 12.1 Å². The molecular formula is C14H18BrFN2O2. The number of ether oxygens (including phenoxy) is 1. The minimum absolute atomic E-state index is 0.180. The number of amides is 1. The molecule has 1 amide bonds. The normalized spacial score (nSPS) is 16.1. The molecule has 1 aromatic rings. The summed E-state index contributed by atoms with van der Waals surface area (Å²) in [5, 5.41) is 5.82. The number of halogens is 2. The van der Waals surface area contributed by atoms with Crippen molar-refractivity contribution in [3.8, 4) is 0 Å². The zero-order valence-corrected chi connectivity index (χ0v) is 12.7. The summed E-state index contributed by atoms with van der Waals surface area (Å²) in [4.78, 5) is 11.8. The number of anilines is 1. The van der Waals surface area contributed by atoms with Crippen molar-refractivity contribution in [3.63, 3.8) is 0 Å². The van der Waals surface area contributed by atoms with Crippen LogP contribution in [0.2, 0.25) is 0 Å². The highest BCUT2D eigenvalue weighted by atomic mass is 79.9. The smallest absolute Gasteiger partial charge is 0.226 e. The Morgan fingerprint density at radius 2 is 2.20 bits per heavy atom. The number of para-hydroxylation sites is 1. The monoisotopic (exact) mass is 344 g/mol. The van der Waals surface area contributed by atoms with Gasteiger partial charge in [-0.15, -0.1) is 0 Å². The van der Waals surface area contributed by atoms with Gasteiger partial charge in [-0.3, -0.25) is 4.79 Å². The van der Waals surface area contributed by atoms with Crippen molar-refractivity contribution in [3.05, 3.63) is 28.5 Å². The van der Waals surface area contributed by atoms with E-state index >= 15 is 0 Å². The van der Waals surface area contributed by atoms with E-state index in [0.717, 1.165) is 25.9 Å². The van der Waals surface area contributed by atoms with E-state index in [2.05, 4.69) is 26.6 Å². The number of hydrogen-bond acceptors (Lipinski definition) is 3. The summed E-state index contributed by atoms with van der Waals surface area (Å²) in [6.45, 7) is 2.28. The van der Waals surface area contributed by atoms with Gasteiger partial charge in [0.2, 0.25) is 5.91 Å². The zero-order valence-electron chi connectivity index (χ0n) is 11.1. The number of hydrogen-bond donors (Lipinski definition) is 2. The highest BCUT2D eigenvalue weighted by Gasteiger charge is 2.14. The molecule has 20 heavy (non-hydrogen) atoms. The molecule has 0 atom stereocenters. The van der Waals surface area contributed by atoms with E-state index < -0.39 is 5.82 Å². The van der Waals surface area contributed by atoms with Crippen molar-refractivity contribution in [2.75, 3.05) is 25.0 Å². The number of carbonyl (C=O) groups excluding carboxylic acids is 1. The molecule has 2 N–H and O–H groups in total. The molecular weight excluding hydrogens is 327 g/mol. The van der Waals surface area contributed by atoms with Gasteiger partial charge in [-0.05, 0) is 54.0 Å². The molecule has 6 heteroatoms. The van der Waals surface area contributed by atoms with Crippen molar-refractivity contribution in [1.29, 1.82) is 0 Å². The second kappa shape index (κ2) is 7.71. The van der Waals surface area contributed by atoms with Gasteiger partial charge in [0, 0.05) is 4.47 Å². The highest BCUT2D eigenvalue weighted by molar-refractivity contribution is 9.10. The van der Waals surface area contributed by atoms with Crippen LogP contribution in [0, 0.1) is 5.82 Å². The van der Waals surface area contributed by atoms with Gasteiger partial charge in [0.25, 0.3) is 0 Å². The largest absolute Gasteiger partial charge is 0.378 e. The van der Waals surface area contributed by atoms with Crippen LogP contribution in [0.5, 0.6) is 0 Å². The number of rotatable bonds is 5. The third-order valence-corrected chi connectivity index (χ3v) is 3.86. The van der Waals surface area contributed by atoms with Crippen molar-refractivity contribution in [1.82, 2.24) is 5.32 Å². The maximum atomic E-state index is 13.5. The van der Waals surface area contributed by atoms with Gasteiger partial charge in [0.1, 0.15) is 5.82 Å². The fourth-order valence-corrected chi connectivity index (χ4v) is 2.54. The highest BCUT2D eigenvalue weighted by Crippen LogP contribution is 2.25. The third-order valence-electron chi connectivity index (χ3n) is 3.20. The Morgan fingerprint density at radius 3 is 2.90 bits per heavy atom. The summed E-state index contributed by atoms with van der Waals surface area (Å²) in [7, 11) is 0. The maximum Gasteiger partial charge on any atom is 0.226 e. The van der Waals surface area contributed by atoms with Gasteiger partial charge in [0.05, 0.1) is 24.8 Å². The minimum atomic E-state index is -0.452. The molecule has 1 heterocycles. The summed E-state index contributed by atoms with van der Waals surface area (Å²) in [6.07, 6.45) is 2.40. The van der Waals surface area contributed by atoms with Gasteiger partial charge >= 0.3 is 0 Å². The fourth-order valence-electron chi connectivity index (χ4n) is 2.10. The lowest BCUT2D eigenvalue weighted by Gasteiger charge is -2.22. The minimum Gasteiger partial charge on any atom is -0.378 e. The predicted molar refractivity (Wildman–Crippen MR) is 79.2 cm³/mol. The van der Waals surface area contributed by atoms with Crippen LogP contribution >= 0.6 is 15.9 Å². The summed E-state index contributed by atoms with van der Waals surface area (Å²) < 4.78 is 19.7. The number of piperidine rings is 1. The van der Waals surface area contributed by atoms with Crippen LogP contribution in [-0.2, 0) is 9.53 Å². The van der Waals surface area contributed by atoms with E-state index in [9.17, 15) is 9.18 Å². The third kappa shape index (κ3) is 4.54. The van der Waals surface area contributed by atoms with Crippen LogP contribution in [0.25, 0.3) is 0 Å². The average molecular weight is 345 g/mol. The first-order chi connectivity index (χ1) is 9.66. The number of nitrogens with one attached hydrogen (secondary N) is 2. The topological polar surface area (TPSA) is 50.4 Å². The van der Waals surface area contributed by atoms with Crippen molar-refractivity contribution < 1.29 is 13.9 Å². The Kier molecular flexibility index (Phi) is 5.94. The lowest BCUT2D eigenvalue weighted by atomic mass is 10.1. The predicted octanol–water partition coefficient (Wildman–Crippen LogP) is 2.69. The molecule has 0 aromatic heterocycles. The molecule has 1 aromatic carbocycles. The Balaban J connectivity index is 1.75. The van der Waals surface area contributed by atoms with Crippen LogP contribution in [0.3, 0.4) is 0 Å². The number of carbonyl (C=O) groups is 1. The standard InChI is InChI=1S/C14H18BrFN2O2/c15-11-2-1-3-12(16)14(11)18-13(19)6-9-20-10-4-7-17-8-5-10/h1-3,10,17H,4-9H2,(H,18,19). The van der Waals surface area contributed by atoms with E-state index in [-0.39, 0.29) is 24.1 Å². The van der Waals surface area contributed by atoms with E-state index in [1.165, 1.54) is 6.07 Å². The van der Waals surface area contributed by atoms with Crippen molar-refractivity contribution in [2.24, 2.45) is 0 Å². The van der Waals surface area contributed by atoms with E-state index in [0.29, 0.717) is 11.1 Å². The van der Waals surface area contributed by atoms with Crippen LogP contribution in [0.1, 0.15) is 19.3 Å². The molecule has 0 aliphatic carbocycles. The van der Waals surface area contributed by atoms with Crippen LogP contribution in [-0.4, -0.2) is 31.7 Å². The fraction of sp³-hybridized carbons (Fsp3) is 0.500. The molecule has 1 fully saturated rings. The van der Waals surface area contributed by atoms with Gasteiger partial charge in [0.15, 0.2) is 0 Å². The first-order valence-corrected chi connectivity index (χ1v) is 7.52. The Morgan fingerprint density at radius 1 is 1.45 bits per heavy atom. The van der Waals surface area contributed by atoms with Gasteiger partial charge in [-0.1, -0.05) is 6.07 Å². The van der Waals surface area contributed by atoms with E-state index in [1.807, 2.05) is 0 Å². The molecule has 2 rings (SSSR count). The molecule has 0 unspecified atom stereocenters. The molecule has 110 valence electrons. The second-order valence-corrected chi connectivity index (χ2v) is 5.57. The molecule has 0 bridgehead atoms. The summed E-state index contributed by atoms with van der Waals surface area (Å²) in [5.41, 5.74) is 0.180. The van der Waals surface area contributed by atoms with Crippen LogP contribution < -0.4 is 10.6 Å². The summed E-state index contributed by atoms with van der Waals surface area (Å²) >= 11 is 3.21. The van der Waals surface area contributed by atoms with Crippen molar-refractivity contribution >= 4 is 27.5 Å². The Hall–Kier alpha value is -0.980. The Labute approximate surface area is 126 Å². The molecule has 0 saturated carbocycles. The lowest BCUT2D eigenvalue weighted by molar-refractivity contribution is -0.117. The van der Waals surface area contributed by atoms with Gasteiger partial charge < -0.3 is 15.4 Å².